The van der Waals surface area contributed by atoms with Crippen LogP contribution in [0.25, 0.3) is 11.3 Å². The van der Waals surface area contributed by atoms with Crippen molar-refractivity contribution in [2.75, 3.05) is 0 Å². The number of aromatic nitrogens is 1. The van der Waals surface area contributed by atoms with E-state index in [1.807, 2.05) is 70.2 Å². The van der Waals surface area contributed by atoms with Gasteiger partial charge in [-0.15, -0.1) is 0 Å². The smallest absolute Gasteiger partial charge is 0.419 e. The first-order valence-corrected chi connectivity index (χ1v) is 6.92. The van der Waals surface area contributed by atoms with Crippen molar-refractivity contribution >= 4 is 6.09 Å². The van der Waals surface area contributed by atoms with Gasteiger partial charge in [-0.3, -0.25) is 0 Å². The maximum absolute atomic E-state index is 12.4. The Morgan fingerprint density at radius 1 is 1.10 bits per heavy atom. The van der Waals surface area contributed by atoms with E-state index in [9.17, 15) is 4.79 Å². The summed E-state index contributed by atoms with van der Waals surface area (Å²) in [4.78, 5) is 12.4. The lowest BCUT2D eigenvalue weighted by molar-refractivity contribution is 0.0536. The van der Waals surface area contributed by atoms with Crippen LogP contribution in [-0.2, 0) is 11.2 Å². The molecule has 0 bridgehead atoms. The molecule has 2 rings (SSSR count). The molecular weight excluding hydrogens is 250 g/mol. The van der Waals surface area contributed by atoms with Gasteiger partial charge in [-0.1, -0.05) is 37.3 Å². The van der Waals surface area contributed by atoms with Gasteiger partial charge in [-0.2, -0.15) is 0 Å². The van der Waals surface area contributed by atoms with Crippen LogP contribution in [0.3, 0.4) is 0 Å². The van der Waals surface area contributed by atoms with E-state index in [2.05, 4.69) is 0 Å². The molecule has 0 aliphatic heterocycles. The Morgan fingerprint density at radius 2 is 1.75 bits per heavy atom. The van der Waals surface area contributed by atoms with Crippen LogP contribution in [0, 0.1) is 0 Å². The van der Waals surface area contributed by atoms with Crippen LogP contribution in [0.2, 0.25) is 0 Å². The second-order valence-corrected chi connectivity index (χ2v) is 5.75. The first kappa shape index (κ1) is 14.4. The summed E-state index contributed by atoms with van der Waals surface area (Å²) in [5.74, 6) is 0. The molecule has 20 heavy (non-hydrogen) atoms. The number of benzene rings is 1. The third kappa shape index (κ3) is 3.10. The topological polar surface area (TPSA) is 31.2 Å². The van der Waals surface area contributed by atoms with E-state index in [-0.39, 0.29) is 6.09 Å². The molecule has 0 radical (unpaired) electrons. The number of ether oxygens (including phenoxy) is 1. The van der Waals surface area contributed by atoms with Crippen molar-refractivity contribution in [3.8, 4) is 11.3 Å². The zero-order valence-corrected chi connectivity index (χ0v) is 12.5. The molecular formula is C17H21NO2. The summed E-state index contributed by atoms with van der Waals surface area (Å²) in [7, 11) is 0. The zero-order chi connectivity index (χ0) is 14.8. The molecule has 0 saturated heterocycles. The van der Waals surface area contributed by atoms with Crippen molar-refractivity contribution in [2.45, 2.75) is 39.7 Å². The normalized spacial score (nSPS) is 11.4. The molecule has 1 aromatic carbocycles. The molecule has 0 aliphatic carbocycles. The molecule has 2 aromatic rings. The predicted octanol–water partition coefficient (Wildman–Crippen LogP) is 4.50. The maximum atomic E-state index is 12.4. The minimum atomic E-state index is -0.500. The molecule has 0 N–H and O–H groups in total. The van der Waals surface area contributed by atoms with Gasteiger partial charge >= 0.3 is 6.09 Å². The lowest BCUT2D eigenvalue weighted by Crippen LogP contribution is -2.28. The van der Waals surface area contributed by atoms with Gasteiger partial charge < -0.3 is 4.74 Å². The molecule has 0 amide bonds. The number of rotatable bonds is 2. The van der Waals surface area contributed by atoms with E-state index in [0.29, 0.717) is 0 Å². The fourth-order valence-corrected chi connectivity index (χ4v) is 2.11. The summed E-state index contributed by atoms with van der Waals surface area (Å²) in [6.07, 6.45) is 0.463. The van der Waals surface area contributed by atoms with Gasteiger partial charge in [0.1, 0.15) is 5.60 Å². The summed E-state index contributed by atoms with van der Waals surface area (Å²) in [5, 5.41) is 0. The van der Waals surface area contributed by atoms with Crippen LogP contribution in [-0.4, -0.2) is 16.3 Å². The van der Waals surface area contributed by atoms with E-state index < -0.39 is 5.60 Å². The van der Waals surface area contributed by atoms with Crippen LogP contribution in [0.5, 0.6) is 0 Å². The van der Waals surface area contributed by atoms with E-state index >= 15 is 0 Å². The molecule has 0 fully saturated rings. The molecule has 0 atom stereocenters. The van der Waals surface area contributed by atoms with Gasteiger partial charge in [0.25, 0.3) is 0 Å². The Morgan fingerprint density at radius 3 is 2.30 bits per heavy atom. The highest BCUT2D eigenvalue weighted by Crippen LogP contribution is 2.24. The third-order valence-corrected chi connectivity index (χ3v) is 2.97. The highest BCUT2D eigenvalue weighted by atomic mass is 16.6. The fourth-order valence-electron chi connectivity index (χ4n) is 2.11. The van der Waals surface area contributed by atoms with Crippen LogP contribution >= 0.6 is 0 Å². The first-order chi connectivity index (χ1) is 9.42. The molecule has 1 heterocycles. The van der Waals surface area contributed by atoms with E-state index in [4.69, 9.17) is 4.74 Å². The van der Waals surface area contributed by atoms with Gasteiger partial charge in [-0.05, 0) is 44.9 Å². The van der Waals surface area contributed by atoms with Crippen molar-refractivity contribution < 1.29 is 9.53 Å². The molecule has 3 heteroatoms. The van der Waals surface area contributed by atoms with E-state index in [1.54, 1.807) is 4.57 Å². The predicted molar refractivity (Wildman–Crippen MR) is 80.9 cm³/mol. The van der Waals surface area contributed by atoms with E-state index in [0.717, 1.165) is 23.4 Å². The minimum Gasteiger partial charge on any atom is -0.443 e. The highest BCUT2D eigenvalue weighted by Gasteiger charge is 2.22. The number of carbonyl (C=O) groups excluding carboxylic acids is 1. The van der Waals surface area contributed by atoms with Crippen molar-refractivity contribution in [3.63, 3.8) is 0 Å². The quantitative estimate of drug-likeness (QED) is 0.805. The summed E-state index contributed by atoms with van der Waals surface area (Å²) < 4.78 is 7.18. The van der Waals surface area contributed by atoms with Crippen molar-refractivity contribution in [2.24, 2.45) is 0 Å². The average Bonchev–Trinajstić information content (AvgIpc) is 2.81. The summed E-state index contributed by atoms with van der Waals surface area (Å²) in [6.45, 7) is 7.66. The second-order valence-electron chi connectivity index (χ2n) is 5.75. The standard InChI is InChI=1S/C17H21NO2/c1-5-14-11-12-15(13-9-7-6-8-10-13)18(14)16(19)20-17(2,3)4/h6-12H,5H2,1-4H3. The highest BCUT2D eigenvalue weighted by molar-refractivity contribution is 5.80. The Balaban J connectivity index is 2.46. The van der Waals surface area contributed by atoms with Gasteiger partial charge in [-0.25, -0.2) is 9.36 Å². The van der Waals surface area contributed by atoms with Crippen molar-refractivity contribution in [3.05, 3.63) is 48.2 Å². The Labute approximate surface area is 120 Å². The lowest BCUT2D eigenvalue weighted by Gasteiger charge is -2.21. The Kier molecular flexibility index (Phi) is 3.98. The van der Waals surface area contributed by atoms with Crippen LogP contribution in [0.4, 0.5) is 4.79 Å². The number of hydrogen-bond acceptors (Lipinski definition) is 2. The number of hydrogen-bond donors (Lipinski definition) is 0. The van der Waals surface area contributed by atoms with Crippen molar-refractivity contribution in [1.82, 2.24) is 4.57 Å². The second kappa shape index (κ2) is 5.53. The summed E-state index contributed by atoms with van der Waals surface area (Å²) in [6, 6.07) is 13.8. The molecule has 0 saturated carbocycles. The van der Waals surface area contributed by atoms with Crippen LogP contribution < -0.4 is 0 Å². The lowest BCUT2D eigenvalue weighted by atomic mass is 10.1. The minimum absolute atomic E-state index is 0.321. The Bertz CT molecular complexity index is 591. The molecule has 106 valence electrons. The van der Waals surface area contributed by atoms with E-state index in [1.165, 1.54) is 0 Å². The Hall–Kier alpha value is -2.03. The fraction of sp³-hybridized carbons (Fsp3) is 0.353. The maximum Gasteiger partial charge on any atom is 0.419 e. The average molecular weight is 271 g/mol. The molecule has 1 aromatic heterocycles. The monoisotopic (exact) mass is 271 g/mol. The first-order valence-electron chi connectivity index (χ1n) is 6.92. The van der Waals surface area contributed by atoms with Gasteiger partial charge in [0, 0.05) is 5.69 Å². The van der Waals surface area contributed by atoms with Crippen molar-refractivity contribution in [1.29, 1.82) is 0 Å². The number of aryl methyl sites for hydroxylation is 1. The van der Waals surface area contributed by atoms with Gasteiger partial charge in [0.05, 0.1) is 5.69 Å². The SMILES string of the molecule is CCc1ccc(-c2ccccc2)n1C(=O)OC(C)(C)C. The summed E-state index contributed by atoms with van der Waals surface area (Å²) in [5.41, 5.74) is 2.34. The molecule has 3 nitrogen and oxygen atoms in total. The number of carbonyl (C=O) groups is 1. The zero-order valence-electron chi connectivity index (χ0n) is 12.5. The third-order valence-electron chi connectivity index (χ3n) is 2.97. The number of nitrogens with zero attached hydrogens (tertiary/aromatic N) is 1. The summed E-state index contributed by atoms with van der Waals surface area (Å²) >= 11 is 0. The van der Waals surface area contributed by atoms with Crippen LogP contribution in [0.15, 0.2) is 42.5 Å². The molecule has 0 spiro atoms. The van der Waals surface area contributed by atoms with Gasteiger partial charge in [0.15, 0.2) is 0 Å². The molecule has 0 aliphatic rings. The largest absolute Gasteiger partial charge is 0.443 e. The molecule has 0 unspecified atom stereocenters. The van der Waals surface area contributed by atoms with Gasteiger partial charge in [0.2, 0.25) is 0 Å². The van der Waals surface area contributed by atoms with Crippen LogP contribution in [0.1, 0.15) is 33.4 Å².